The highest BCUT2D eigenvalue weighted by Gasteiger charge is 2.38. The lowest BCUT2D eigenvalue weighted by molar-refractivity contribution is -0.119. The van der Waals surface area contributed by atoms with E-state index in [1.54, 1.807) is 31.4 Å². The molecule has 11 heteroatoms. The Balaban J connectivity index is 1.56. The molecular formula is C29H36ClN5O5. The number of ether oxygens (including phenoxy) is 3. The van der Waals surface area contributed by atoms with Gasteiger partial charge >= 0.3 is 6.09 Å². The standard InChI is InChI=1S/C29H36ClN5O5/c1-16-23(38-6)12-24(39-7)26(30)25(16)18-8-9-22-19(10-18)13-32-27(34-22)33-20-11-21(14-31-17(2)36)35(15-20)28(37)40-29(3,4)5/h8-10,12-13,20-21H,11,14-15H2,1-7H3,(H,31,36)(H,32,33,34). The first kappa shape index (κ1) is 29.2. The van der Waals surface area contributed by atoms with E-state index in [-0.39, 0.29) is 18.0 Å². The Morgan fingerprint density at radius 1 is 1.15 bits per heavy atom. The molecule has 0 radical (unpaired) electrons. The van der Waals surface area contributed by atoms with Gasteiger partial charge in [-0.2, -0.15) is 0 Å². The van der Waals surface area contributed by atoms with E-state index in [9.17, 15) is 9.59 Å². The molecule has 0 aliphatic carbocycles. The number of hydrogen-bond acceptors (Lipinski definition) is 8. The Bertz CT molecular complexity index is 1400. The summed E-state index contributed by atoms with van der Waals surface area (Å²) in [6.07, 6.45) is 1.95. The van der Waals surface area contributed by atoms with Crippen molar-refractivity contribution >= 4 is 40.5 Å². The molecule has 1 aliphatic rings. The monoisotopic (exact) mass is 569 g/mol. The van der Waals surface area contributed by atoms with Crippen LogP contribution < -0.4 is 20.1 Å². The summed E-state index contributed by atoms with van der Waals surface area (Å²) in [5.74, 6) is 1.51. The van der Waals surface area contributed by atoms with Crippen molar-refractivity contribution < 1.29 is 23.8 Å². The lowest BCUT2D eigenvalue weighted by Gasteiger charge is -2.28. The van der Waals surface area contributed by atoms with E-state index >= 15 is 0 Å². The highest BCUT2D eigenvalue weighted by Crippen LogP contribution is 2.43. The summed E-state index contributed by atoms with van der Waals surface area (Å²) in [7, 11) is 3.18. The maximum atomic E-state index is 12.9. The van der Waals surface area contributed by atoms with Gasteiger partial charge in [0.1, 0.15) is 17.1 Å². The van der Waals surface area contributed by atoms with Crippen LogP contribution >= 0.6 is 11.6 Å². The Hall–Kier alpha value is -3.79. The van der Waals surface area contributed by atoms with Gasteiger partial charge in [-0.05, 0) is 51.8 Å². The van der Waals surface area contributed by atoms with Gasteiger partial charge in [0.15, 0.2) is 0 Å². The van der Waals surface area contributed by atoms with Crippen molar-refractivity contribution in [3.8, 4) is 22.6 Å². The van der Waals surface area contributed by atoms with E-state index in [2.05, 4.69) is 15.6 Å². The van der Waals surface area contributed by atoms with Crippen molar-refractivity contribution in [2.24, 2.45) is 0 Å². The minimum Gasteiger partial charge on any atom is -0.496 e. The first-order chi connectivity index (χ1) is 18.9. The zero-order chi connectivity index (χ0) is 29.2. The van der Waals surface area contributed by atoms with E-state index in [4.69, 9.17) is 30.8 Å². The second kappa shape index (κ2) is 11.8. The number of methoxy groups -OCH3 is 2. The number of rotatable bonds is 7. The number of aromatic nitrogens is 2. The van der Waals surface area contributed by atoms with Crippen molar-refractivity contribution in [1.82, 2.24) is 20.2 Å². The molecule has 10 nitrogen and oxygen atoms in total. The number of carbonyl (C=O) groups excluding carboxylic acids is 2. The molecule has 3 aromatic rings. The topological polar surface area (TPSA) is 115 Å². The van der Waals surface area contributed by atoms with Gasteiger partial charge in [-0.15, -0.1) is 0 Å². The Morgan fingerprint density at radius 3 is 2.52 bits per heavy atom. The van der Waals surface area contributed by atoms with Gasteiger partial charge in [0.05, 0.1) is 30.8 Å². The van der Waals surface area contributed by atoms with Crippen LogP contribution in [0.5, 0.6) is 11.5 Å². The SMILES string of the molecule is COc1cc(OC)c(Cl)c(-c2ccc3nc(NC4CC(CNC(C)=O)N(C(=O)OC(C)(C)C)C4)ncc3c2)c1C. The average Bonchev–Trinajstić information content (AvgIpc) is 3.29. The fraction of sp³-hybridized carbons (Fsp3) is 0.448. The number of fused-ring (bicyclic) bond motifs is 1. The molecular weight excluding hydrogens is 534 g/mol. The van der Waals surface area contributed by atoms with Crippen LogP contribution in [0.15, 0.2) is 30.5 Å². The molecule has 0 saturated carbocycles. The number of nitrogens with zero attached hydrogens (tertiary/aromatic N) is 3. The van der Waals surface area contributed by atoms with Crippen LogP contribution in [0, 0.1) is 6.92 Å². The number of anilines is 1. The van der Waals surface area contributed by atoms with Gasteiger partial charge in [-0.3, -0.25) is 4.79 Å². The number of hydrogen-bond donors (Lipinski definition) is 2. The molecule has 2 unspecified atom stereocenters. The second-order valence-corrected chi connectivity index (χ2v) is 11.2. The van der Waals surface area contributed by atoms with E-state index < -0.39 is 11.7 Å². The third kappa shape index (κ3) is 6.50. The summed E-state index contributed by atoms with van der Waals surface area (Å²) in [5, 5.41) is 7.51. The van der Waals surface area contributed by atoms with Crippen LogP contribution in [0.2, 0.25) is 5.02 Å². The van der Waals surface area contributed by atoms with Crippen molar-refractivity contribution in [2.75, 3.05) is 32.6 Å². The summed E-state index contributed by atoms with van der Waals surface area (Å²) >= 11 is 6.69. The largest absolute Gasteiger partial charge is 0.496 e. The second-order valence-electron chi connectivity index (χ2n) is 10.9. The zero-order valence-electron chi connectivity index (χ0n) is 23.9. The van der Waals surface area contributed by atoms with Crippen molar-refractivity contribution in [1.29, 1.82) is 0 Å². The summed E-state index contributed by atoms with van der Waals surface area (Å²) in [6.45, 7) is 9.63. The molecule has 40 heavy (non-hydrogen) atoms. The maximum Gasteiger partial charge on any atom is 0.410 e. The van der Waals surface area contributed by atoms with Crippen LogP contribution in [0.4, 0.5) is 10.7 Å². The van der Waals surface area contributed by atoms with Gasteiger partial charge in [-0.1, -0.05) is 17.7 Å². The summed E-state index contributed by atoms with van der Waals surface area (Å²) in [6, 6.07) is 7.29. The maximum absolute atomic E-state index is 12.9. The molecule has 0 spiro atoms. The summed E-state index contributed by atoms with van der Waals surface area (Å²) < 4.78 is 16.6. The number of halogens is 1. The molecule has 214 valence electrons. The van der Waals surface area contributed by atoms with Gasteiger partial charge in [0.25, 0.3) is 0 Å². The Morgan fingerprint density at radius 2 is 1.88 bits per heavy atom. The first-order valence-electron chi connectivity index (χ1n) is 13.1. The minimum atomic E-state index is -0.625. The quantitative estimate of drug-likeness (QED) is 0.399. The van der Waals surface area contributed by atoms with Crippen molar-refractivity contribution in [2.45, 2.75) is 58.7 Å². The molecule has 2 N–H and O–H groups in total. The smallest absolute Gasteiger partial charge is 0.410 e. The summed E-state index contributed by atoms with van der Waals surface area (Å²) in [5.41, 5.74) is 2.74. The number of benzene rings is 2. The third-order valence-corrected chi connectivity index (χ3v) is 7.09. The molecule has 1 aromatic heterocycles. The molecule has 1 aliphatic heterocycles. The van der Waals surface area contributed by atoms with Gasteiger partial charge in [0.2, 0.25) is 11.9 Å². The number of carbonyl (C=O) groups is 2. The van der Waals surface area contributed by atoms with E-state index in [0.717, 1.165) is 27.6 Å². The van der Waals surface area contributed by atoms with E-state index in [1.807, 2.05) is 45.9 Å². The van der Waals surface area contributed by atoms with Crippen LogP contribution in [0.1, 0.15) is 39.7 Å². The summed E-state index contributed by atoms with van der Waals surface area (Å²) in [4.78, 5) is 35.3. The molecule has 1 saturated heterocycles. The van der Waals surface area contributed by atoms with Gasteiger partial charge in [0, 0.05) is 54.8 Å². The van der Waals surface area contributed by atoms with Crippen molar-refractivity contribution in [3.05, 3.63) is 41.0 Å². The normalized spacial score (nSPS) is 17.1. The highest BCUT2D eigenvalue weighted by atomic mass is 35.5. The predicted octanol–water partition coefficient (Wildman–Crippen LogP) is 5.20. The third-order valence-electron chi connectivity index (χ3n) is 6.71. The van der Waals surface area contributed by atoms with Gasteiger partial charge < -0.3 is 29.7 Å². The highest BCUT2D eigenvalue weighted by molar-refractivity contribution is 6.35. The predicted molar refractivity (Wildman–Crippen MR) is 155 cm³/mol. The van der Waals surface area contributed by atoms with Crippen LogP contribution in [-0.2, 0) is 9.53 Å². The minimum absolute atomic E-state index is 0.117. The Labute approximate surface area is 239 Å². The number of nitrogens with one attached hydrogen (secondary N) is 2. The fourth-order valence-electron chi connectivity index (χ4n) is 4.87. The molecule has 2 aromatic carbocycles. The average molecular weight is 570 g/mol. The zero-order valence-corrected chi connectivity index (χ0v) is 24.7. The van der Waals surface area contributed by atoms with Crippen LogP contribution in [0.3, 0.4) is 0 Å². The number of amides is 2. The molecule has 2 amide bonds. The Kier molecular flexibility index (Phi) is 8.58. The molecule has 0 bridgehead atoms. The van der Waals surface area contributed by atoms with E-state index in [0.29, 0.717) is 42.0 Å². The van der Waals surface area contributed by atoms with Gasteiger partial charge in [-0.25, -0.2) is 14.8 Å². The molecule has 4 rings (SSSR count). The van der Waals surface area contributed by atoms with Crippen LogP contribution in [-0.4, -0.2) is 71.9 Å². The molecule has 2 heterocycles. The van der Waals surface area contributed by atoms with Crippen LogP contribution in [0.25, 0.3) is 22.0 Å². The fourth-order valence-corrected chi connectivity index (χ4v) is 5.25. The molecule has 2 atom stereocenters. The van der Waals surface area contributed by atoms with Crippen molar-refractivity contribution in [3.63, 3.8) is 0 Å². The first-order valence-corrected chi connectivity index (χ1v) is 13.5. The lowest BCUT2D eigenvalue weighted by Crippen LogP contribution is -2.45. The number of likely N-dealkylation sites (tertiary alicyclic amines) is 1. The van der Waals surface area contributed by atoms with E-state index in [1.165, 1.54) is 6.92 Å². The molecule has 1 fully saturated rings. The lowest BCUT2D eigenvalue weighted by atomic mass is 9.98.